The highest BCUT2D eigenvalue weighted by molar-refractivity contribution is 5.77. The van der Waals surface area contributed by atoms with Crippen LogP contribution in [-0.2, 0) is 29.0 Å². The maximum absolute atomic E-state index is 13.3. The Balaban J connectivity index is 1.09. The fraction of sp³-hybridized carbons (Fsp3) is 0.618. The number of aromatic nitrogens is 1. The smallest absolute Gasteiger partial charge is 0.320 e. The number of amides is 2. The van der Waals surface area contributed by atoms with Crippen molar-refractivity contribution in [3.05, 3.63) is 59.4 Å². The first kappa shape index (κ1) is 30.3. The molecule has 3 aliphatic rings. The lowest BCUT2D eigenvalue weighted by molar-refractivity contribution is -0.157. The predicted molar refractivity (Wildman–Crippen MR) is 166 cm³/mol. The van der Waals surface area contributed by atoms with E-state index in [0.717, 1.165) is 89.4 Å². The van der Waals surface area contributed by atoms with Crippen LogP contribution in [0, 0.1) is 17.3 Å². The Labute approximate surface area is 252 Å². The van der Waals surface area contributed by atoms with Gasteiger partial charge in [0.2, 0.25) is 0 Å². The number of hydrogen-bond donors (Lipinski definition) is 0. The number of ether oxygens (including phenoxy) is 1. The van der Waals surface area contributed by atoms with Crippen LogP contribution in [-0.4, -0.2) is 84.1 Å². The minimum Gasteiger partial charge on any atom is -0.466 e. The largest absolute Gasteiger partial charge is 0.466 e. The average molecular weight is 576 g/mol. The molecule has 5 rings (SSSR count). The molecule has 0 bridgehead atoms. The van der Waals surface area contributed by atoms with Crippen LogP contribution >= 0.6 is 0 Å². The molecule has 4 heterocycles. The Kier molecular flexibility index (Phi) is 9.71. The first-order valence-electron chi connectivity index (χ1n) is 16.0. The molecule has 0 radical (unpaired) electrons. The summed E-state index contributed by atoms with van der Waals surface area (Å²) in [6.45, 7) is 16.4. The van der Waals surface area contributed by atoms with Crippen molar-refractivity contribution in [1.29, 1.82) is 0 Å². The van der Waals surface area contributed by atoms with Gasteiger partial charge in [-0.3, -0.25) is 14.7 Å². The summed E-state index contributed by atoms with van der Waals surface area (Å²) in [7, 11) is 0. The summed E-state index contributed by atoms with van der Waals surface area (Å²) in [4.78, 5) is 39.4. The Morgan fingerprint density at radius 3 is 2.40 bits per heavy atom. The molecule has 2 amide bonds. The second-order valence-corrected chi connectivity index (χ2v) is 12.9. The number of carbonyl (C=O) groups excluding carboxylic acids is 2. The highest BCUT2D eigenvalue weighted by atomic mass is 16.5. The fourth-order valence-electron chi connectivity index (χ4n) is 6.89. The summed E-state index contributed by atoms with van der Waals surface area (Å²) in [6.07, 6.45) is 6.03. The molecule has 0 unspecified atom stereocenters. The average Bonchev–Trinajstić information content (AvgIpc) is 3.35. The number of benzene rings is 1. The zero-order valence-electron chi connectivity index (χ0n) is 26.1. The maximum Gasteiger partial charge on any atom is 0.320 e. The summed E-state index contributed by atoms with van der Waals surface area (Å²) in [5.74, 6) is 0.694. The molecule has 8 heteroatoms. The van der Waals surface area contributed by atoms with Gasteiger partial charge in [0.05, 0.1) is 36.1 Å². The number of carbonyl (C=O) groups is 2. The molecule has 2 fully saturated rings. The molecule has 1 aromatic heterocycles. The lowest BCUT2D eigenvalue weighted by Crippen LogP contribution is -2.43. The van der Waals surface area contributed by atoms with Gasteiger partial charge in [-0.1, -0.05) is 37.6 Å². The lowest BCUT2D eigenvalue weighted by Gasteiger charge is -2.39. The predicted octanol–water partition coefficient (Wildman–Crippen LogP) is 5.21. The van der Waals surface area contributed by atoms with Gasteiger partial charge in [0.25, 0.3) is 0 Å². The molecule has 42 heavy (non-hydrogen) atoms. The highest BCUT2D eigenvalue weighted by Gasteiger charge is 2.39. The van der Waals surface area contributed by atoms with E-state index in [1.165, 1.54) is 11.1 Å². The van der Waals surface area contributed by atoms with Crippen molar-refractivity contribution in [2.45, 2.75) is 66.5 Å². The van der Waals surface area contributed by atoms with Crippen molar-refractivity contribution in [3.63, 3.8) is 0 Å². The van der Waals surface area contributed by atoms with E-state index in [0.29, 0.717) is 25.0 Å². The van der Waals surface area contributed by atoms with Gasteiger partial charge >= 0.3 is 12.0 Å². The monoisotopic (exact) mass is 575 g/mol. The van der Waals surface area contributed by atoms with Gasteiger partial charge in [0, 0.05) is 52.4 Å². The Morgan fingerprint density at radius 1 is 0.976 bits per heavy atom. The minimum atomic E-state index is -0.461. The fourth-order valence-corrected chi connectivity index (χ4v) is 6.89. The number of nitrogens with zero attached hydrogens (tertiary/aromatic N) is 5. The number of rotatable bonds is 11. The third kappa shape index (κ3) is 6.91. The van der Waals surface area contributed by atoms with Crippen LogP contribution in [0.25, 0.3) is 0 Å². The Hall–Kier alpha value is -3.13. The summed E-state index contributed by atoms with van der Waals surface area (Å²) < 4.78 is 5.32. The summed E-state index contributed by atoms with van der Waals surface area (Å²) in [6, 6.07) is 13.1. The van der Waals surface area contributed by atoms with Gasteiger partial charge in [0.15, 0.2) is 0 Å². The SMILES string of the molecule is CCOC(=O)C(C)(C)C1CCN(c2ccc(CN3CCN(C[C@H](CC)CN4CCc5ccccc5C4)C3=O)nc2)CC1. The van der Waals surface area contributed by atoms with E-state index in [1.807, 2.05) is 36.8 Å². The van der Waals surface area contributed by atoms with E-state index in [-0.39, 0.29) is 12.0 Å². The van der Waals surface area contributed by atoms with Crippen LogP contribution < -0.4 is 4.90 Å². The molecule has 0 aliphatic carbocycles. The lowest BCUT2D eigenvalue weighted by atomic mass is 9.73. The maximum atomic E-state index is 13.3. The summed E-state index contributed by atoms with van der Waals surface area (Å²) in [5.41, 5.74) is 4.49. The third-order valence-corrected chi connectivity index (χ3v) is 9.81. The molecule has 2 aromatic rings. The van der Waals surface area contributed by atoms with Gasteiger partial charge in [-0.25, -0.2) is 4.79 Å². The number of urea groups is 1. The van der Waals surface area contributed by atoms with Crippen LogP contribution in [0.3, 0.4) is 0 Å². The van der Waals surface area contributed by atoms with Crippen LogP contribution in [0.15, 0.2) is 42.6 Å². The number of fused-ring (bicyclic) bond motifs is 1. The first-order valence-corrected chi connectivity index (χ1v) is 16.0. The number of esters is 1. The van der Waals surface area contributed by atoms with Gasteiger partial charge in [-0.15, -0.1) is 0 Å². The molecule has 3 aliphatic heterocycles. The van der Waals surface area contributed by atoms with E-state index in [4.69, 9.17) is 9.72 Å². The second-order valence-electron chi connectivity index (χ2n) is 12.9. The van der Waals surface area contributed by atoms with Crippen molar-refractivity contribution in [2.24, 2.45) is 17.3 Å². The van der Waals surface area contributed by atoms with E-state index >= 15 is 0 Å². The minimum absolute atomic E-state index is 0.0946. The summed E-state index contributed by atoms with van der Waals surface area (Å²) >= 11 is 0. The Bertz CT molecular complexity index is 1210. The number of pyridine rings is 1. The highest BCUT2D eigenvalue weighted by Crippen LogP contribution is 2.37. The van der Waals surface area contributed by atoms with Gasteiger partial charge in [0.1, 0.15) is 0 Å². The van der Waals surface area contributed by atoms with Crippen molar-refractivity contribution >= 4 is 17.7 Å². The van der Waals surface area contributed by atoms with E-state index in [9.17, 15) is 9.59 Å². The van der Waals surface area contributed by atoms with E-state index < -0.39 is 5.41 Å². The molecule has 8 nitrogen and oxygen atoms in total. The quantitative estimate of drug-likeness (QED) is 0.343. The summed E-state index contributed by atoms with van der Waals surface area (Å²) in [5, 5.41) is 0. The molecule has 0 spiro atoms. The molecule has 228 valence electrons. The van der Waals surface area contributed by atoms with Crippen molar-refractivity contribution in [1.82, 2.24) is 19.7 Å². The number of hydrogen-bond acceptors (Lipinski definition) is 6. The molecule has 2 saturated heterocycles. The van der Waals surface area contributed by atoms with Gasteiger partial charge in [-0.05, 0) is 75.1 Å². The molecular weight excluding hydrogens is 526 g/mol. The molecule has 0 N–H and O–H groups in total. The Morgan fingerprint density at radius 2 is 1.71 bits per heavy atom. The third-order valence-electron chi connectivity index (χ3n) is 9.81. The number of piperidine rings is 1. The topological polar surface area (TPSA) is 69.2 Å². The van der Waals surface area contributed by atoms with Crippen LogP contribution in [0.1, 0.15) is 63.8 Å². The molecule has 1 aromatic carbocycles. The zero-order chi connectivity index (χ0) is 29.7. The van der Waals surface area contributed by atoms with Crippen LogP contribution in [0.2, 0.25) is 0 Å². The number of anilines is 1. The molecule has 0 saturated carbocycles. The first-order chi connectivity index (χ1) is 20.3. The van der Waals surface area contributed by atoms with Gasteiger partial charge < -0.3 is 19.4 Å². The van der Waals surface area contributed by atoms with Crippen molar-refractivity contribution in [2.75, 3.05) is 57.3 Å². The van der Waals surface area contributed by atoms with Crippen molar-refractivity contribution < 1.29 is 14.3 Å². The normalized spacial score (nSPS) is 19.2. The van der Waals surface area contributed by atoms with E-state index in [1.54, 1.807) is 0 Å². The zero-order valence-corrected chi connectivity index (χ0v) is 26.1. The second kappa shape index (κ2) is 13.4. The molecule has 1 atom stereocenters. The van der Waals surface area contributed by atoms with Gasteiger partial charge in [-0.2, -0.15) is 0 Å². The van der Waals surface area contributed by atoms with Crippen LogP contribution in [0.5, 0.6) is 0 Å². The standard InChI is InChI=1S/C34H49N5O3/c1-5-26(22-36-16-13-27-9-7-8-10-28(27)24-36)23-38-19-20-39(33(38)41)25-30-11-12-31(21-35-30)37-17-14-29(15-18-37)34(3,4)32(40)42-6-2/h7-12,21,26,29H,5-6,13-20,22-25H2,1-4H3/t26-/m1/s1. The van der Waals surface area contributed by atoms with Crippen molar-refractivity contribution in [3.8, 4) is 0 Å². The molecular formula is C34H49N5O3. The van der Waals surface area contributed by atoms with E-state index in [2.05, 4.69) is 53.1 Å². The van der Waals surface area contributed by atoms with Crippen LogP contribution in [0.4, 0.5) is 10.5 Å².